The molecule has 3 rings (SSSR count). The lowest BCUT2D eigenvalue weighted by Crippen LogP contribution is -2.21. The third kappa shape index (κ3) is 3.75. The van der Waals surface area contributed by atoms with Gasteiger partial charge in [0.05, 0.1) is 17.4 Å². The van der Waals surface area contributed by atoms with Gasteiger partial charge in [0.15, 0.2) is 0 Å². The molecular formula is C18H23F2N3O2S. The molecule has 1 saturated carbocycles. The van der Waals surface area contributed by atoms with Gasteiger partial charge in [-0.15, -0.1) is 0 Å². The lowest BCUT2D eigenvalue weighted by molar-refractivity contribution is 0.448. The van der Waals surface area contributed by atoms with Crippen molar-refractivity contribution in [2.24, 2.45) is 0 Å². The number of rotatable bonds is 4. The van der Waals surface area contributed by atoms with Gasteiger partial charge in [-0.2, -0.15) is 5.10 Å². The van der Waals surface area contributed by atoms with E-state index in [-0.39, 0.29) is 16.6 Å². The number of anilines is 1. The predicted octanol–water partition coefficient (Wildman–Crippen LogP) is 4.37. The molecule has 1 aromatic heterocycles. The van der Waals surface area contributed by atoms with Gasteiger partial charge >= 0.3 is 0 Å². The Hall–Kier alpha value is -1.96. The Morgan fingerprint density at radius 3 is 2.42 bits per heavy atom. The first-order chi connectivity index (χ1) is 12.1. The van der Waals surface area contributed by atoms with E-state index in [2.05, 4.69) is 9.82 Å². The summed E-state index contributed by atoms with van der Waals surface area (Å²) >= 11 is 0. The zero-order valence-electron chi connectivity index (χ0n) is 15.1. The molecule has 2 aromatic rings. The summed E-state index contributed by atoms with van der Waals surface area (Å²) in [5.74, 6) is -1.73. The van der Waals surface area contributed by atoms with Crippen LogP contribution in [0, 0.1) is 11.6 Å². The minimum atomic E-state index is -4.07. The minimum absolute atomic E-state index is 0.0284. The SMILES string of the molecule is CC(C)(C)c1nn(C2CCCC2)cc1S(=O)(=O)Nc1ccc(F)cc1F. The molecule has 0 unspecified atom stereocenters. The first kappa shape index (κ1) is 18.8. The Kier molecular flexibility index (Phi) is 4.81. The molecule has 1 aliphatic carbocycles. The normalized spacial score (nSPS) is 16.2. The molecular weight excluding hydrogens is 360 g/mol. The van der Waals surface area contributed by atoms with Gasteiger partial charge in [0.25, 0.3) is 10.0 Å². The second kappa shape index (κ2) is 6.64. The van der Waals surface area contributed by atoms with Gasteiger partial charge in [0, 0.05) is 17.7 Å². The second-order valence-corrected chi connectivity index (χ2v) is 9.39. The summed E-state index contributed by atoms with van der Waals surface area (Å²) < 4.78 is 56.7. The van der Waals surface area contributed by atoms with Crippen LogP contribution in [-0.2, 0) is 15.4 Å². The van der Waals surface area contributed by atoms with Gasteiger partial charge in [-0.1, -0.05) is 33.6 Å². The standard InChI is InChI=1S/C18H23F2N3O2S/c1-18(2,3)17-16(11-23(21-17)13-6-4-5-7-13)26(24,25)22-15-9-8-12(19)10-14(15)20/h8-11,13,22H,4-7H2,1-3H3. The van der Waals surface area contributed by atoms with Crippen LogP contribution < -0.4 is 4.72 Å². The van der Waals surface area contributed by atoms with Gasteiger partial charge < -0.3 is 0 Å². The summed E-state index contributed by atoms with van der Waals surface area (Å²) in [6.07, 6.45) is 5.64. The number of hydrogen-bond donors (Lipinski definition) is 1. The lowest BCUT2D eigenvalue weighted by atomic mass is 9.92. The highest BCUT2D eigenvalue weighted by atomic mass is 32.2. The molecule has 0 bridgehead atoms. The Balaban J connectivity index is 2.02. The summed E-state index contributed by atoms with van der Waals surface area (Å²) in [5, 5.41) is 4.55. The summed E-state index contributed by atoms with van der Waals surface area (Å²) in [5.41, 5.74) is -0.366. The molecule has 1 fully saturated rings. The van der Waals surface area contributed by atoms with Gasteiger partial charge in [-0.05, 0) is 25.0 Å². The molecule has 0 saturated heterocycles. The van der Waals surface area contributed by atoms with Crippen molar-refractivity contribution in [2.45, 2.75) is 62.8 Å². The van der Waals surface area contributed by atoms with Gasteiger partial charge in [-0.25, -0.2) is 17.2 Å². The summed E-state index contributed by atoms with van der Waals surface area (Å²) in [7, 11) is -4.07. The van der Waals surface area contributed by atoms with Gasteiger partial charge in [-0.3, -0.25) is 9.40 Å². The molecule has 142 valence electrons. The monoisotopic (exact) mass is 383 g/mol. The topological polar surface area (TPSA) is 64.0 Å². The van der Waals surface area contributed by atoms with Crippen LogP contribution in [0.25, 0.3) is 0 Å². The second-order valence-electron chi connectivity index (χ2n) is 7.74. The number of hydrogen-bond acceptors (Lipinski definition) is 3. The Labute approximate surface area is 152 Å². The van der Waals surface area contributed by atoms with E-state index >= 15 is 0 Å². The molecule has 0 atom stereocenters. The third-order valence-electron chi connectivity index (χ3n) is 4.57. The maximum Gasteiger partial charge on any atom is 0.265 e. The molecule has 1 aliphatic rings. The molecule has 1 aromatic carbocycles. The molecule has 5 nitrogen and oxygen atoms in total. The Morgan fingerprint density at radius 2 is 1.85 bits per heavy atom. The molecule has 8 heteroatoms. The number of nitrogens with zero attached hydrogens (tertiary/aromatic N) is 2. The Bertz CT molecular complexity index is 911. The fraction of sp³-hybridized carbons (Fsp3) is 0.500. The molecule has 26 heavy (non-hydrogen) atoms. The van der Waals surface area contributed by atoms with Crippen LogP contribution in [0.15, 0.2) is 29.3 Å². The maximum absolute atomic E-state index is 13.9. The van der Waals surface area contributed by atoms with Crippen molar-refractivity contribution >= 4 is 15.7 Å². The van der Waals surface area contributed by atoms with Crippen LogP contribution in [-0.4, -0.2) is 18.2 Å². The van der Waals surface area contributed by atoms with Crippen molar-refractivity contribution < 1.29 is 17.2 Å². The first-order valence-corrected chi connectivity index (χ1v) is 10.1. The van der Waals surface area contributed by atoms with E-state index in [1.165, 1.54) is 6.20 Å². The Morgan fingerprint density at radius 1 is 1.19 bits per heavy atom. The number of sulfonamides is 1. The van der Waals surface area contributed by atoms with Gasteiger partial charge in [0.1, 0.15) is 16.5 Å². The van der Waals surface area contributed by atoms with E-state index < -0.39 is 27.1 Å². The lowest BCUT2D eigenvalue weighted by Gasteiger charge is -2.18. The van der Waals surface area contributed by atoms with Crippen LogP contribution in [0.3, 0.4) is 0 Å². The average molecular weight is 383 g/mol. The van der Waals surface area contributed by atoms with Crippen molar-refractivity contribution in [3.63, 3.8) is 0 Å². The van der Waals surface area contributed by atoms with Crippen molar-refractivity contribution in [1.29, 1.82) is 0 Å². The number of benzene rings is 1. The summed E-state index contributed by atoms with van der Waals surface area (Å²) in [6.45, 7) is 5.64. The highest BCUT2D eigenvalue weighted by Crippen LogP contribution is 2.34. The highest BCUT2D eigenvalue weighted by molar-refractivity contribution is 7.92. The maximum atomic E-state index is 13.9. The van der Waals surface area contributed by atoms with E-state index in [9.17, 15) is 17.2 Å². The van der Waals surface area contributed by atoms with Crippen LogP contribution in [0.4, 0.5) is 14.5 Å². The first-order valence-electron chi connectivity index (χ1n) is 8.65. The van der Waals surface area contributed by atoms with Crippen molar-refractivity contribution in [3.05, 3.63) is 41.7 Å². The van der Waals surface area contributed by atoms with Crippen molar-refractivity contribution in [2.75, 3.05) is 4.72 Å². The van der Waals surface area contributed by atoms with Gasteiger partial charge in [0.2, 0.25) is 0 Å². The predicted molar refractivity (Wildman–Crippen MR) is 95.6 cm³/mol. The smallest absolute Gasteiger partial charge is 0.265 e. The fourth-order valence-electron chi connectivity index (χ4n) is 3.22. The molecule has 0 aliphatic heterocycles. The molecule has 1 N–H and O–H groups in total. The molecule has 0 amide bonds. The molecule has 0 spiro atoms. The zero-order valence-corrected chi connectivity index (χ0v) is 15.9. The van der Waals surface area contributed by atoms with E-state index in [1.54, 1.807) is 4.68 Å². The van der Waals surface area contributed by atoms with Crippen LogP contribution in [0.5, 0.6) is 0 Å². The van der Waals surface area contributed by atoms with Crippen LogP contribution in [0.1, 0.15) is 58.2 Å². The van der Waals surface area contributed by atoms with Crippen LogP contribution >= 0.6 is 0 Å². The molecule has 0 radical (unpaired) electrons. The zero-order chi connectivity index (χ0) is 19.1. The van der Waals surface area contributed by atoms with E-state index in [0.717, 1.165) is 37.8 Å². The average Bonchev–Trinajstić information content (AvgIpc) is 3.17. The number of nitrogens with one attached hydrogen (secondary N) is 1. The fourth-order valence-corrected chi connectivity index (χ4v) is 4.63. The quantitative estimate of drug-likeness (QED) is 0.852. The minimum Gasteiger partial charge on any atom is -0.277 e. The van der Waals surface area contributed by atoms with Crippen LogP contribution in [0.2, 0.25) is 0 Å². The molecule has 1 heterocycles. The number of aromatic nitrogens is 2. The summed E-state index contributed by atoms with van der Waals surface area (Å²) in [4.78, 5) is 0.0284. The largest absolute Gasteiger partial charge is 0.277 e. The van der Waals surface area contributed by atoms with E-state index in [1.807, 2.05) is 20.8 Å². The van der Waals surface area contributed by atoms with Crippen molar-refractivity contribution in [3.8, 4) is 0 Å². The number of halogens is 2. The van der Waals surface area contributed by atoms with Crippen molar-refractivity contribution in [1.82, 2.24) is 9.78 Å². The third-order valence-corrected chi connectivity index (χ3v) is 5.94. The summed E-state index contributed by atoms with van der Waals surface area (Å²) in [6, 6.07) is 2.90. The highest BCUT2D eigenvalue weighted by Gasteiger charge is 2.32. The van der Waals surface area contributed by atoms with E-state index in [0.29, 0.717) is 11.8 Å². The van der Waals surface area contributed by atoms with E-state index in [4.69, 9.17) is 0 Å².